The Morgan fingerprint density at radius 2 is 1.50 bits per heavy atom. The SMILES string of the molecule is Cc1cc(C)nc(N2CCN(c3ccc(-c4ccccn4)nn3)CC2)n1. The molecule has 26 heavy (non-hydrogen) atoms. The van der Waals surface area contributed by atoms with Crippen LogP contribution in [0, 0.1) is 13.8 Å². The van der Waals surface area contributed by atoms with E-state index >= 15 is 0 Å². The minimum absolute atomic E-state index is 0.789. The van der Waals surface area contributed by atoms with Crippen LogP contribution in [-0.4, -0.2) is 51.3 Å². The van der Waals surface area contributed by atoms with Crippen LogP contribution in [0.2, 0.25) is 0 Å². The number of rotatable bonds is 3. The van der Waals surface area contributed by atoms with Gasteiger partial charge in [0.15, 0.2) is 5.82 Å². The lowest BCUT2D eigenvalue weighted by atomic mass is 10.2. The molecule has 7 nitrogen and oxygen atoms in total. The number of pyridine rings is 1. The molecule has 3 aromatic rings. The zero-order valence-corrected chi connectivity index (χ0v) is 15.0. The van der Waals surface area contributed by atoms with E-state index in [0.29, 0.717) is 0 Å². The monoisotopic (exact) mass is 347 g/mol. The number of aryl methyl sites for hydroxylation is 2. The average molecular weight is 347 g/mol. The van der Waals surface area contributed by atoms with Crippen LogP contribution in [0.5, 0.6) is 0 Å². The molecule has 0 radical (unpaired) electrons. The number of nitrogens with zero attached hydrogens (tertiary/aromatic N) is 7. The van der Waals surface area contributed by atoms with Crippen molar-refractivity contribution in [2.24, 2.45) is 0 Å². The van der Waals surface area contributed by atoms with E-state index < -0.39 is 0 Å². The molecule has 1 fully saturated rings. The molecule has 0 unspecified atom stereocenters. The van der Waals surface area contributed by atoms with Crippen molar-refractivity contribution in [3.8, 4) is 11.4 Å². The fourth-order valence-corrected chi connectivity index (χ4v) is 3.13. The normalized spacial score (nSPS) is 14.5. The summed E-state index contributed by atoms with van der Waals surface area (Å²) in [4.78, 5) is 17.9. The van der Waals surface area contributed by atoms with Crippen molar-refractivity contribution in [3.63, 3.8) is 0 Å². The minimum Gasteiger partial charge on any atom is -0.352 e. The van der Waals surface area contributed by atoms with Gasteiger partial charge < -0.3 is 9.80 Å². The van der Waals surface area contributed by atoms with E-state index in [4.69, 9.17) is 0 Å². The summed E-state index contributed by atoms with van der Waals surface area (Å²) in [6.07, 6.45) is 1.76. The molecule has 3 aromatic heterocycles. The van der Waals surface area contributed by atoms with Gasteiger partial charge in [-0.1, -0.05) is 6.07 Å². The molecular weight excluding hydrogens is 326 g/mol. The van der Waals surface area contributed by atoms with Crippen molar-refractivity contribution in [1.82, 2.24) is 25.1 Å². The molecule has 1 saturated heterocycles. The van der Waals surface area contributed by atoms with Crippen molar-refractivity contribution in [1.29, 1.82) is 0 Å². The maximum absolute atomic E-state index is 4.56. The molecule has 0 bridgehead atoms. The highest BCUT2D eigenvalue weighted by Gasteiger charge is 2.20. The molecule has 1 aliphatic heterocycles. The second-order valence-corrected chi connectivity index (χ2v) is 6.42. The molecule has 4 rings (SSSR count). The van der Waals surface area contributed by atoms with Crippen LogP contribution >= 0.6 is 0 Å². The predicted molar refractivity (Wildman–Crippen MR) is 101 cm³/mol. The van der Waals surface area contributed by atoms with E-state index in [9.17, 15) is 0 Å². The van der Waals surface area contributed by atoms with Crippen LogP contribution < -0.4 is 9.80 Å². The van der Waals surface area contributed by atoms with Gasteiger partial charge in [0.1, 0.15) is 5.69 Å². The Balaban J connectivity index is 1.43. The van der Waals surface area contributed by atoms with E-state index in [0.717, 1.165) is 60.7 Å². The van der Waals surface area contributed by atoms with Gasteiger partial charge in [0, 0.05) is 43.8 Å². The van der Waals surface area contributed by atoms with Crippen LogP contribution in [0.3, 0.4) is 0 Å². The van der Waals surface area contributed by atoms with Crippen molar-refractivity contribution >= 4 is 11.8 Å². The Labute approximate surface area is 152 Å². The van der Waals surface area contributed by atoms with Gasteiger partial charge in [-0.3, -0.25) is 4.98 Å². The van der Waals surface area contributed by atoms with E-state index in [2.05, 4.69) is 34.9 Å². The summed E-state index contributed by atoms with van der Waals surface area (Å²) >= 11 is 0. The second kappa shape index (κ2) is 7.03. The topological polar surface area (TPSA) is 70.9 Å². The zero-order valence-electron chi connectivity index (χ0n) is 15.0. The lowest BCUT2D eigenvalue weighted by molar-refractivity contribution is 0.630. The molecule has 0 amide bonds. The minimum atomic E-state index is 0.789. The Bertz CT molecular complexity index is 852. The molecule has 7 heteroatoms. The van der Waals surface area contributed by atoms with Crippen molar-refractivity contribution in [2.45, 2.75) is 13.8 Å². The number of hydrogen-bond acceptors (Lipinski definition) is 7. The summed E-state index contributed by atoms with van der Waals surface area (Å²) < 4.78 is 0. The highest BCUT2D eigenvalue weighted by molar-refractivity contribution is 5.55. The lowest BCUT2D eigenvalue weighted by Gasteiger charge is -2.35. The maximum Gasteiger partial charge on any atom is 0.225 e. The van der Waals surface area contributed by atoms with E-state index in [1.807, 2.05) is 50.2 Å². The molecule has 0 saturated carbocycles. The first-order valence-electron chi connectivity index (χ1n) is 8.76. The first-order chi connectivity index (χ1) is 12.7. The molecular formula is C19H21N7. The summed E-state index contributed by atoms with van der Waals surface area (Å²) in [5, 5.41) is 8.72. The summed E-state index contributed by atoms with van der Waals surface area (Å²) in [6, 6.07) is 11.8. The average Bonchev–Trinajstić information content (AvgIpc) is 2.68. The molecule has 0 N–H and O–H groups in total. The quantitative estimate of drug-likeness (QED) is 0.720. The van der Waals surface area contributed by atoms with Crippen LogP contribution in [-0.2, 0) is 0 Å². The Kier molecular flexibility index (Phi) is 4.43. The number of piperazine rings is 1. The van der Waals surface area contributed by atoms with Gasteiger partial charge in [-0.25, -0.2) is 9.97 Å². The maximum atomic E-state index is 4.56. The third-order valence-electron chi connectivity index (χ3n) is 4.43. The summed E-state index contributed by atoms with van der Waals surface area (Å²) in [5.74, 6) is 1.71. The number of aromatic nitrogens is 5. The molecule has 0 spiro atoms. The standard InChI is InChI=1S/C19H21N7/c1-14-13-15(2)22-19(21-14)26-11-9-25(10-12-26)18-7-6-17(23-24-18)16-5-3-4-8-20-16/h3-8,13H,9-12H2,1-2H3. The molecule has 0 aliphatic carbocycles. The highest BCUT2D eigenvalue weighted by Crippen LogP contribution is 2.19. The van der Waals surface area contributed by atoms with Crippen LogP contribution in [0.15, 0.2) is 42.6 Å². The molecule has 1 aliphatic rings. The summed E-state index contributed by atoms with van der Waals surface area (Å²) in [5.41, 5.74) is 3.64. The van der Waals surface area contributed by atoms with Crippen LogP contribution in [0.25, 0.3) is 11.4 Å². The van der Waals surface area contributed by atoms with Crippen LogP contribution in [0.1, 0.15) is 11.4 Å². The van der Waals surface area contributed by atoms with Gasteiger partial charge in [-0.15, -0.1) is 10.2 Å². The fourth-order valence-electron chi connectivity index (χ4n) is 3.13. The Hall–Kier alpha value is -3.09. The van der Waals surface area contributed by atoms with Crippen LogP contribution in [0.4, 0.5) is 11.8 Å². The van der Waals surface area contributed by atoms with E-state index in [1.54, 1.807) is 6.20 Å². The van der Waals surface area contributed by atoms with Gasteiger partial charge in [0.2, 0.25) is 5.95 Å². The molecule has 4 heterocycles. The van der Waals surface area contributed by atoms with Crippen molar-refractivity contribution in [3.05, 3.63) is 54.0 Å². The Morgan fingerprint density at radius 3 is 2.12 bits per heavy atom. The number of anilines is 2. The third-order valence-corrected chi connectivity index (χ3v) is 4.43. The first kappa shape index (κ1) is 16.4. The fraction of sp³-hybridized carbons (Fsp3) is 0.316. The summed E-state index contributed by atoms with van der Waals surface area (Å²) in [6.45, 7) is 7.49. The Morgan fingerprint density at radius 1 is 0.769 bits per heavy atom. The largest absolute Gasteiger partial charge is 0.352 e. The molecule has 132 valence electrons. The van der Waals surface area contributed by atoms with Gasteiger partial charge in [-0.2, -0.15) is 0 Å². The first-order valence-corrected chi connectivity index (χ1v) is 8.76. The van der Waals surface area contributed by atoms with Gasteiger partial charge >= 0.3 is 0 Å². The van der Waals surface area contributed by atoms with Gasteiger partial charge in [-0.05, 0) is 44.2 Å². The van der Waals surface area contributed by atoms with E-state index in [-0.39, 0.29) is 0 Å². The third kappa shape index (κ3) is 3.46. The second-order valence-electron chi connectivity index (χ2n) is 6.42. The predicted octanol–water partition coefficient (Wildman–Crippen LogP) is 2.27. The van der Waals surface area contributed by atoms with Crippen molar-refractivity contribution in [2.75, 3.05) is 36.0 Å². The molecule has 0 aromatic carbocycles. The van der Waals surface area contributed by atoms with E-state index in [1.165, 1.54) is 0 Å². The van der Waals surface area contributed by atoms with Gasteiger partial charge in [0.25, 0.3) is 0 Å². The molecule has 0 atom stereocenters. The van der Waals surface area contributed by atoms with Gasteiger partial charge in [0.05, 0.1) is 5.69 Å². The lowest BCUT2D eigenvalue weighted by Crippen LogP contribution is -2.47. The highest BCUT2D eigenvalue weighted by atomic mass is 15.3. The summed E-state index contributed by atoms with van der Waals surface area (Å²) in [7, 11) is 0. The zero-order chi connectivity index (χ0) is 17.9. The smallest absolute Gasteiger partial charge is 0.225 e. The van der Waals surface area contributed by atoms with Crippen molar-refractivity contribution < 1.29 is 0 Å². The number of hydrogen-bond donors (Lipinski definition) is 0.